The molecule has 1 aliphatic heterocycles. The minimum Gasteiger partial charge on any atom is -0.380 e. The van der Waals surface area contributed by atoms with Crippen LogP contribution in [0, 0.1) is 5.82 Å². The molecule has 3 aromatic rings. The number of likely N-dealkylation sites (tertiary alicyclic amines) is 1. The fraction of sp³-hybridized carbons (Fsp3) is 0.278. The van der Waals surface area contributed by atoms with Gasteiger partial charge >= 0.3 is 0 Å². The van der Waals surface area contributed by atoms with Crippen molar-refractivity contribution >= 4 is 33.1 Å². The van der Waals surface area contributed by atoms with Crippen LogP contribution >= 0.6 is 11.3 Å². The maximum atomic E-state index is 13.3. The number of carbonyl (C=O) groups excluding carboxylic acids is 1. The Bertz CT molecular complexity index is 843. The van der Waals surface area contributed by atoms with Crippen molar-refractivity contribution in [3.05, 3.63) is 53.3 Å². The lowest BCUT2D eigenvalue weighted by Crippen LogP contribution is -2.45. The molecule has 24 heavy (non-hydrogen) atoms. The Labute approximate surface area is 143 Å². The number of nitrogens with one attached hydrogen (secondary N) is 2. The van der Waals surface area contributed by atoms with Crippen molar-refractivity contribution in [3.63, 3.8) is 0 Å². The number of rotatable bonds is 3. The van der Waals surface area contributed by atoms with Gasteiger partial charge in [-0.25, -0.2) is 4.39 Å². The summed E-state index contributed by atoms with van der Waals surface area (Å²) in [6, 6.07) is 10.5. The molecule has 0 radical (unpaired) electrons. The predicted octanol–water partition coefficient (Wildman–Crippen LogP) is 4.09. The highest BCUT2D eigenvalue weighted by Gasteiger charge is 2.25. The van der Waals surface area contributed by atoms with Crippen molar-refractivity contribution in [3.8, 4) is 0 Å². The van der Waals surface area contributed by atoms with Gasteiger partial charge in [0.15, 0.2) is 0 Å². The molecule has 6 heteroatoms. The average Bonchev–Trinajstić information content (AvgIpc) is 3.16. The second-order valence-corrected chi connectivity index (χ2v) is 7.07. The number of hydrogen-bond donors (Lipinski definition) is 2. The maximum absolute atomic E-state index is 13.3. The topological polar surface area (TPSA) is 48.1 Å². The molecular weight excluding hydrogens is 325 g/mol. The quantitative estimate of drug-likeness (QED) is 0.753. The van der Waals surface area contributed by atoms with Crippen LogP contribution in [0.25, 0.3) is 10.2 Å². The van der Waals surface area contributed by atoms with Crippen LogP contribution in [-0.4, -0.2) is 34.9 Å². The van der Waals surface area contributed by atoms with Gasteiger partial charge in [-0.1, -0.05) is 6.07 Å². The summed E-state index contributed by atoms with van der Waals surface area (Å²) < 4.78 is 14.4. The molecule has 1 aromatic carbocycles. The molecule has 1 fully saturated rings. The summed E-state index contributed by atoms with van der Waals surface area (Å²) in [5.41, 5.74) is 2.41. The first-order chi connectivity index (χ1) is 11.7. The van der Waals surface area contributed by atoms with E-state index in [1.165, 1.54) is 12.1 Å². The van der Waals surface area contributed by atoms with Crippen LogP contribution in [-0.2, 0) is 0 Å². The highest BCUT2D eigenvalue weighted by atomic mass is 32.1. The fourth-order valence-electron chi connectivity index (χ4n) is 3.23. The molecule has 0 unspecified atom stereocenters. The predicted molar refractivity (Wildman–Crippen MR) is 95.1 cm³/mol. The Morgan fingerprint density at radius 2 is 2.25 bits per heavy atom. The summed E-state index contributed by atoms with van der Waals surface area (Å²) >= 11 is 1.63. The summed E-state index contributed by atoms with van der Waals surface area (Å²) in [6.45, 7) is 1.38. The number of aromatic amines is 1. The summed E-state index contributed by atoms with van der Waals surface area (Å²) in [5.74, 6) is -0.223. The number of benzene rings is 1. The standard InChI is InChI=1S/C18H18FN3OS/c19-12-3-1-4-13(9-12)20-14-5-2-7-22(11-14)18(23)16-10-17-15(21-16)6-8-24-17/h1,3-4,6,8-10,14,20-21H,2,5,7,11H2/t14-/m1/s1. The van der Waals surface area contributed by atoms with Crippen LogP contribution in [0.5, 0.6) is 0 Å². The lowest BCUT2D eigenvalue weighted by atomic mass is 10.0. The molecule has 4 nitrogen and oxygen atoms in total. The molecule has 0 saturated carbocycles. The van der Waals surface area contributed by atoms with Crippen LogP contribution in [0.2, 0.25) is 0 Å². The maximum Gasteiger partial charge on any atom is 0.270 e. The third-order valence-corrected chi connectivity index (χ3v) is 5.24. The molecule has 1 aliphatic rings. The molecule has 0 aliphatic carbocycles. The minimum absolute atomic E-state index is 0.0316. The number of aromatic nitrogens is 1. The third kappa shape index (κ3) is 3.01. The molecule has 4 rings (SSSR count). The monoisotopic (exact) mass is 343 g/mol. The van der Waals surface area contributed by atoms with Gasteiger partial charge in [-0.3, -0.25) is 4.79 Å². The Balaban J connectivity index is 1.46. The Morgan fingerprint density at radius 3 is 3.08 bits per heavy atom. The summed E-state index contributed by atoms with van der Waals surface area (Å²) in [4.78, 5) is 17.8. The molecule has 1 saturated heterocycles. The van der Waals surface area contributed by atoms with E-state index in [4.69, 9.17) is 0 Å². The number of piperidine rings is 1. The highest BCUT2D eigenvalue weighted by Crippen LogP contribution is 2.23. The van der Waals surface area contributed by atoms with Crippen molar-refractivity contribution < 1.29 is 9.18 Å². The SMILES string of the molecule is O=C(c1cc2sccc2[nH]1)N1CCC[C@@H](Nc2cccc(F)c2)C1. The van der Waals surface area contributed by atoms with Gasteiger partial charge in [-0.15, -0.1) is 11.3 Å². The Hall–Kier alpha value is -2.34. The molecule has 2 aromatic heterocycles. The molecule has 0 bridgehead atoms. The number of thiophene rings is 1. The molecule has 0 spiro atoms. The molecule has 2 N–H and O–H groups in total. The minimum atomic E-state index is -0.254. The summed E-state index contributed by atoms with van der Waals surface area (Å²) in [7, 11) is 0. The zero-order chi connectivity index (χ0) is 16.5. The number of H-pyrrole nitrogens is 1. The first kappa shape index (κ1) is 15.2. The van der Waals surface area contributed by atoms with Crippen molar-refractivity contribution in [2.45, 2.75) is 18.9 Å². The van der Waals surface area contributed by atoms with E-state index >= 15 is 0 Å². The molecular formula is C18H18FN3OS. The molecule has 124 valence electrons. The van der Waals surface area contributed by atoms with E-state index in [0.29, 0.717) is 12.2 Å². The van der Waals surface area contributed by atoms with Gasteiger partial charge in [0.2, 0.25) is 0 Å². The van der Waals surface area contributed by atoms with Gasteiger partial charge in [0.05, 0.1) is 10.2 Å². The zero-order valence-electron chi connectivity index (χ0n) is 13.1. The number of fused-ring (bicyclic) bond motifs is 1. The summed E-state index contributed by atoms with van der Waals surface area (Å²) in [5, 5.41) is 5.35. The lowest BCUT2D eigenvalue weighted by Gasteiger charge is -2.33. The number of halogens is 1. The number of amides is 1. The van der Waals surface area contributed by atoms with Gasteiger partial charge < -0.3 is 15.2 Å². The largest absolute Gasteiger partial charge is 0.380 e. The Kier molecular flexibility index (Phi) is 3.98. The van der Waals surface area contributed by atoms with E-state index in [1.54, 1.807) is 17.4 Å². The van der Waals surface area contributed by atoms with Gasteiger partial charge in [-0.2, -0.15) is 0 Å². The van der Waals surface area contributed by atoms with Crippen LogP contribution < -0.4 is 5.32 Å². The van der Waals surface area contributed by atoms with E-state index in [0.717, 1.165) is 35.3 Å². The van der Waals surface area contributed by atoms with E-state index < -0.39 is 0 Å². The van der Waals surface area contributed by atoms with Gasteiger partial charge in [-0.05, 0) is 48.6 Å². The third-order valence-electron chi connectivity index (χ3n) is 4.37. The van der Waals surface area contributed by atoms with Crippen molar-refractivity contribution in [2.24, 2.45) is 0 Å². The highest BCUT2D eigenvalue weighted by molar-refractivity contribution is 7.17. The zero-order valence-corrected chi connectivity index (χ0v) is 13.9. The van der Waals surface area contributed by atoms with Crippen LogP contribution in [0.3, 0.4) is 0 Å². The average molecular weight is 343 g/mol. The van der Waals surface area contributed by atoms with Crippen molar-refractivity contribution in [1.29, 1.82) is 0 Å². The van der Waals surface area contributed by atoms with E-state index in [9.17, 15) is 9.18 Å². The fourth-order valence-corrected chi connectivity index (χ4v) is 4.01. The summed E-state index contributed by atoms with van der Waals surface area (Å²) in [6.07, 6.45) is 1.91. The number of carbonyl (C=O) groups is 1. The molecule has 1 atom stereocenters. The normalized spacial score (nSPS) is 18.0. The van der Waals surface area contributed by atoms with Crippen LogP contribution in [0.15, 0.2) is 41.8 Å². The van der Waals surface area contributed by atoms with Crippen molar-refractivity contribution in [1.82, 2.24) is 9.88 Å². The second kappa shape index (κ2) is 6.28. The number of nitrogens with zero attached hydrogens (tertiary/aromatic N) is 1. The van der Waals surface area contributed by atoms with Crippen molar-refractivity contribution in [2.75, 3.05) is 18.4 Å². The van der Waals surface area contributed by atoms with E-state index in [2.05, 4.69) is 10.3 Å². The molecule has 1 amide bonds. The van der Waals surface area contributed by atoms with Crippen LogP contribution in [0.4, 0.5) is 10.1 Å². The van der Waals surface area contributed by atoms with Crippen LogP contribution in [0.1, 0.15) is 23.3 Å². The first-order valence-electron chi connectivity index (χ1n) is 8.06. The first-order valence-corrected chi connectivity index (χ1v) is 8.94. The van der Waals surface area contributed by atoms with E-state index in [-0.39, 0.29) is 17.8 Å². The van der Waals surface area contributed by atoms with Gasteiger partial charge in [0.1, 0.15) is 11.5 Å². The van der Waals surface area contributed by atoms with Gasteiger partial charge in [0.25, 0.3) is 5.91 Å². The van der Waals surface area contributed by atoms with E-state index in [1.807, 2.05) is 28.5 Å². The smallest absolute Gasteiger partial charge is 0.270 e. The molecule has 3 heterocycles. The number of hydrogen-bond acceptors (Lipinski definition) is 3. The Morgan fingerprint density at radius 1 is 1.33 bits per heavy atom. The lowest BCUT2D eigenvalue weighted by molar-refractivity contribution is 0.0710. The number of anilines is 1. The van der Waals surface area contributed by atoms with Gasteiger partial charge in [0, 0.05) is 24.8 Å². The second-order valence-electron chi connectivity index (χ2n) is 6.13.